The first-order valence-corrected chi connectivity index (χ1v) is 4.38. The number of nitrogens with one attached hydrogen (secondary N) is 1. The maximum Gasteiger partial charge on any atom is 0.234 e. The number of carbonyl (C=O) groups excluding carboxylic acids is 1. The molecule has 3 nitrogen and oxygen atoms in total. The standard InChI is InChI=1S/C10H9F2NO2/c1-10(2)4-3-5(11)8(14)6(12)7(4)13-9(10)15/h3,14H,1-2H3,(H,13,15). The van der Waals surface area contributed by atoms with Gasteiger partial charge in [-0.2, -0.15) is 0 Å². The van der Waals surface area contributed by atoms with E-state index in [1.54, 1.807) is 13.8 Å². The van der Waals surface area contributed by atoms with Crippen LogP contribution in [0.25, 0.3) is 0 Å². The van der Waals surface area contributed by atoms with Crippen LogP contribution in [0.1, 0.15) is 19.4 Å². The number of phenolic OH excluding ortho intramolecular Hbond substituents is 1. The molecule has 0 spiro atoms. The average Bonchev–Trinajstić information content (AvgIpc) is 2.38. The molecule has 2 rings (SSSR count). The Morgan fingerprint density at radius 2 is 2.00 bits per heavy atom. The number of aromatic hydroxyl groups is 1. The number of hydrogen-bond acceptors (Lipinski definition) is 2. The summed E-state index contributed by atoms with van der Waals surface area (Å²) in [7, 11) is 0. The first kappa shape index (κ1) is 9.89. The van der Waals surface area contributed by atoms with Crippen molar-refractivity contribution >= 4 is 11.6 Å². The minimum absolute atomic E-state index is 0.135. The van der Waals surface area contributed by atoms with E-state index >= 15 is 0 Å². The van der Waals surface area contributed by atoms with E-state index in [9.17, 15) is 13.6 Å². The second-order valence-electron chi connectivity index (χ2n) is 4.02. The number of phenols is 1. The minimum atomic E-state index is -1.12. The molecule has 5 heteroatoms. The Hall–Kier alpha value is -1.65. The lowest BCUT2D eigenvalue weighted by molar-refractivity contribution is -0.119. The zero-order valence-electron chi connectivity index (χ0n) is 8.19. The predicted octanol–water partition coefficient (Wildman–Crippen LogP) is 1.90. The summed E-state index contributed by atoms with van der Waals surface area (Å²) in [6, 6.07) is 0.978. The average molecular weight is 213 g/mol. The van der Waals surface area contributed by atoms with E-state index in [0.29, 0.717) is 0 Å². The van der Waals surface area contributed by atoms with E-state index in [2.05, 4.69) is 5.32 Å². The summed E-state index contributed by atoms with van der Waals surface area (Å²) in [5.74, 6) is -3.66. The van der Waals surface area contributed by atoms with E-state index in [0.717, 1.165) is 6.07 Å². The Bertz CT molecular complexity index is 469. The van der Waals surface area contributed by atoms with Gasteiger partial charge in [-0.25, -0.2) is 8.78 Å². The number of rotatable bonds is 0. The molecule has 0 saturated carbocycles. The minimum Gasteiger partial charge on any atom is -0.503 e. The number of hydrogen-bond donors (Lipinski definition) is 2. The molecule has 0 aliphatic carbocycles. The number of carbonyl (C=O) groups is 1. The van der Waals surface area contributed by atoms with Crippen molar-refractivity contribution < 1.29 is 18.7 Å². The zero-order chi connectivity index (χ0) is 11.4. The van der Waals surface area contributed by atoms with Crippen molar-refractivity contribution in [3.05, 3.63) is 23.3 Å². The van der Waals surface area contributed by atoms with Crippen LogP contribution in [0.15, 0.2) is 6.07 Å². The van der Waals surface area contributed by atoms with Crippen LogP contribution in [-0.4, -0.2) is 11.0 Å². The van der Waals surface area contributed by atoms with Gasteiger partial charge in [-0.15, -0.1) is 0 Å². The van der Waals surface area contributed by atoms with Gasteiger partial charge in [-0.05, 0) is 25.5 Å². The first-order valence-electron chi connectivity index (χ1n) is 4.38. The van der Waals surface area contributed by atoms with Gasteiger partial charge in [0.2, 0.25) is 5.91 Å². The molecule has 1 aromatic rings. The molecule has 2 N–H and O–H groups in total. The van der Waals surface area contributed by atoms with Gasteiger partial charge < -0.3 is 10.4 Å². The lowest BCUT2D eigenvalue weighted by atomic mass is 9.86. The molecule has 0 fully saturated rings. The molecule has 0 atom stereocenters. The second kappa shape index (κ2) is 2.68. The summed E-state index contributed by atoms with van der Waals surface area (Å²) >= 11 is 0. The highest BCUT2D eigenvalue weighted by molar-refractivity contribution is 6.06. The van der Waals surface area contributed by atoms with E-state index in [1.807, 2.05) is 0 Å². The van der Waals surface area contributed by atoms with Gasteiger partial charge in [0.25, 0.3) is 0 Å². The second-order valence-corrected chi connectivity index (χ2v) is 4.02. The molecule has 15 heavy (non-hydrogen) atoms. The smallest absolute Gasteiger partial charge is 0.234 e. The van der Waals surface area contributed by atoms with E-state index in [4.69, 9.17) is 5.11 Å². The molecule has 80 valence electrons. The van der Waals surface area contributed by atoms with Crippen molar-refractivity contribution in [3.63, 3.8) is 0 Å². The van der Waals surface area contributed by atoms with Crippen molar-refractivity contribution in [3.8, 4) is 5.75 Å². The zero-order valence-corrected chi connectivity index (χ0v) is 8.19. The number of anilines is 1. The van der Waals surface area contributed by atoms with Crippen molar-refractivity contribution in [2.75, 3.05) is 5.32 Å². The number of halogens is 2. The van der Waals surface area contributed by atoms with Gasteiger partial charge in [-0.3, -0.25) is 4.79 Å². The fourth-order valence-corrected chi connectivity index (χ4v) is 1.62. The largest absolute Gasteiger partial charge is 0.503 e. The molecule has 0 radical (unpaired) electrons. The van der Waals surface area contributed by atoms with E-state index < -0.39 is 28.7 Å². The third kappa shape index (κ3) is 1.12. The van der Waals surface area contributed by atoms with E-state index in [-0.39, 0.29) is 11.3 Å². The van der Waals surface area contributed by atoms with Crippen LogP contribution in [0.5, 0.6) is 5.75 Å². The third-order valence-electron chi connectivity index (χ3n) is 2.67. The van der Waals surface area contributed by atoms with Crippen LogP contribution in [-0.2, 0) is 10.2 Å². The summed E-state index contributed by atoms with van der Waals surface area (Å²) in [6.07, 6.45) is 0. The Morgan fingerprint density at radius 1 is 1.40 bits per heavy atom. The molecule has 0 bridgehead atoms. The molecule has 0 saturated heterocycles. The van der Waals surface area contributed by atoms with Crippen molar-refractivity contribution in [2.45, 2.75) is 19.3 Å². The van der Waals surface area contributed by atoms with Crippen LogP contribution in [0.3, 0.4) is 0 Å². The maximum absolute atomic E-state index is 13.4. The highest BCUT2D eigenvalue weighted by Gasteiger charge is 2.41. The lowest BCUT2D eigenvalue weighted by Crippen LogP contribution is -2.26. The van der Waals surface area contributed by atoms with Crippen LogP contribution in [0.4, 0.5) is 14.5 Å². The van der Waals surface area contributed by atoms with Crippen molar-refractivity contribution in [2.24, 2.45) is 0 Å². The number of benzene rings is 1. The van der Waals surface area contributed by atoms with Gasteiger partial charge in [0.1, 0.15) is 0 Å². The van der Waals surface area contributed by atoms with Gasteiger partial charge in [0.05, 0.1) is 11.1 Å². The monoisotopic (exact) mass is 213 g/mol. The highest BCUT2D eigenvalue weighted by atomic mass is 19.1. The molecule has 1 heterocycles. The Balaban J connectivity index is 2.76. The Kier molecular flexibility index (Phi) is 1.77. The molecule has 1 aromatic carbocycles. The molecule has 1 aliphatic rings. The number of fused-ring (bicyclic) bond motifs is 1. The van der Waals surface area contributed by atoms with Crippen molar-refractivity contribution in [1.82, 2.24) is 0 Å². The van der Waals surface area contributed by atoms with Crippen molar-refractivity contribution in [1.29, 1.82) is 0 Å². The summed E-state index contributed by atoms with van der Waals surface area (Å²) in [5, 5.41) is 11.3. The van der Waals surface area contributed by atoms with Gasteiger partial charge in [0, 0.05) is 0 Å². The first-order chi connectivity index (χ1) is 6.85. The van der Waals surface area contributed by atoms with Crippen LogP contribution >= 0.6 is 0 Å². The molecule has 0 aromatic heterocycles. The maximum atomic E-state index is 13.4. The summed E-state index contributed by atoms with van der Waals surface area (Å²) in [5.41, 5.74) is -0.894. The molecule has 1 aliphatic heterocycles. The fourth-order valence-electron chi connectivity index (χ4n) is 1.62. The summed E-state index contributed by atoms with van der Waals surface area (Å²) in [6.45, 7) is 3.12. The molecular formula is C10H9F2NO2. The van der Waals surface area contributed by atoms with E-state index in [1.165, 1.54) is 0 Å². The van der Waals surface area contributed by atoms with Gasteiger partial charge in [0.15, 0.2) is 17.4 Å². The Labute approximate surface area is 84.7 Å². The highest BCUT2D eigenvalue weighted by Crippen LogP contribution is 2.42. The quantitative estimate of drug-likeness (QED) is 0.691. The molecule has 1 amide bonds. The lowest BCUT2D eigenvalue weighted by Gasteiger charge is -2.15. The third-order valence-corrected chi connectivity index (χ3v) is 2.67. The van der Waals surface area contributed by atoms with Crippen LogP contribution in [0.2, 0.25) is 0 Å². The van der Waals surface area contributed by atoms with Crippen LogP contribution < -0.4 is 5.32 Å². The summed E-state index contributed by atoms with van der Waals surface area (Å²) in [4.78, 5) is 11.4. The SMILES string of the molecule is CC1(C)C(=O)Nc2c1cc(F)c(O)c2F. The fraction of sp³-hybridized carbons (Fsp3) is 0.300. The van der Waals surface area contributed by atoms with Gasteiger partial charge in [-0.1, -0.05) is 0 Å². The summed E-state index contributed by atoms with van der Waals surface area (Å²) < 4.78 is 26.5. The predicted molar refractivity (Wildman–Crippen MR) is 49.7 cm³/mol. The Morgan fingerprint density at radius 3 is 2.60 bits per heavy atom. The normalized spacial score (nSPS) is 17.5. The molecule has 0 unspecified atom stereocenters. The van der Waals surface area contributed by atoms with Gasteiger partial charge >= 0.3 is 0 Å². The molecular weight excluding hydrogens is 204 g/mol. The number of amides is 1. The topological polar surface area (TPSA) is 49.3 Å². The van der Waals surface area contributed by atoms with Crippen LogP contribution in [0, 0.1) is 11.6 Å².